The third-order valence-corrected chi connectivity index (χ3v) is 4.27. The molecule has 0 saturated heterocycles. The third-order valence-electron chi connectivity index (χ3n) is 3.39. The molecule has 3 atom stereocenters. The first-order valence-corrected chi connectivity index (χ1v) is 6.00. The van der Waals surface area contributed by atoms with Crippen LogP contribution in [0.4, 0.5) is 0 Å². The summed E-state index contributed by atoms with van der Waals surface area (Å²) in [6.45, 7) is 7.77. The molecule has 1 aliphatic carbocycles. The molecule has 1 aliphatic rings. The molecule has 86 valence electrons. The van der Waals surface area contributed by atoms with E-state index in [1.54, 1.807) is 0 Å². The van der Waals surface area contributed by atoms with Gasteiger partial charge in [0.05, 0.1) is 4.87 Å². The molecule has 2 rings (SSSR count). The molecular formula is C13H15Cl2N. The minimum atomic E-state index is -0.315. The van der Waals surface area contributed by atoms with E-state index in [2.05, 4.69) is 12.6 Å². The highest BCUT2D eigenvalue weighted by atomic mass is 35.5. The van der Waals surface area contributed by atoms with Gasteiger partial charge < -0.3 is 5.73 Å². The number of benzene rings is 1. The quantitative estimate of drug-likeness (QED) is 0.799. The summed E-state index contributed by atoms with van der Waals surface area (Å²) in [6, 6.07) is 6.06. The van der Waals surface area contributed by atoms with Gasteiger partial charge in [-0.05, 0) is 31.0 Å². The lowest BCUT2D eigenvalue weighted by Crippen LogP contribution is -2.03. The number of aryl methyl sites for hydroxylation is 1. The van der Waals surface area contributed by atoms with Crippen LogP contribution in [0.2, 0.25) is 5.02 Å². The van der Waals surface area contributed by atoms with Crippen LogP contribution in [0.3, 0.4) is 0 Å². The fraction of sp³-hybridized carbons (Fsp3) is 0.385. The summed E-state index contributed by atoms with van der Waals surface area (Å²) >= 11 is 12.5. The molecule has 1 fully saturated rings. The summed E-state index contributed by atoms with van der Waals surface area (Å²) in [5.74, 6) is 0.373. The van der Waals surface area contributed by atoms with Crippen LogP contribution in [0.15, 0.2) is 30.5 Å². The van der Waals surface area contributed by atoms with E-state index < -0.39 is 0 Å². The van der Waals surface area contributed by atoms with Crippen LogP contribution >= 0.6 is 23.2 Å². The molecule has 3 heteroatoms. The van der Waals surface area contributed by atoms with Crippen molar-refractivity contribution in [3.05, 3.63) is 46.6 Å². The molecule has 0 bridgehead atoms. The van der Waals surface area contributed by atoms with E-state index >= 15 is 0 Å². The van der Waals surface area contributed by atoms with Crippen LogP contribution in [-0.2, 0) is 0 Å². The minimum Gasteiger partial charge on any atom is -0.402 e. The van der Waals surface area contributed by atoms with Crippen molar-refractivity contribution < 1.29 is 0 Å². The van der Waals surface area contributed by atoms with Crippen LogP contribution in [0.1, 0.15) is 24.0 Å². The van der Waals surface area contributed by atoms with Crippen molar-refractivity contribution in [2.75, 3.05) is 0 Å². The van der Waals surface area contributed by atoms with Gasteiger partial charge in [0.25, 0.3) is 0 Å². The highest BCUT2D eigenvalue weighted by molar-refractivity contribution is 6.31. The van der Waals surface area contributed by atoms with Crippen LogP contribution in [0, 0.1) is 12.8 Å². The van der Waals surface area contributed by atoms with E-state index in [0.29, 0.717) is 5.70 Å². The first-order valence-electron chi connectivity index (χ1n) is 5.25. The molecule has 0 radical (unpaired) electrons. The van der Waals surface area contributed by atoms with Crippen molar-refractivity contribution in [2.24, 2.45) is 11.7 Å². The summed E-state index contributed by atoms with van der Waals surface area (Å²) in [6.07, 6.45) is 0. The Morgan fingerprint density at radius 2 is 2.12 bits per heavy atom. The first kappa shape index (κ1) is 11.8. The van der Waals surface area contributed by atoms with Gasteiger partial charge >= 0.3 is 0 Å². The van der Waals surface area contributed by atoms with Gasteiger partial charge in [-0.25, -0.2) is 0 Å². The molecule has 0 spiro atoms. The predicted octanol–water partition coefficient (Wildman–Crippen LogP) is 3.83. The van der Waals surface area contributed by atoms with E-state index in [-0.39, 0.29) is 16.7 Å². The lowest BCUT2D eigenvalue weighted by molar-refractivity contribution is 0.881. The lowest BCUT2D eigenvalue weighted by atomic mass is 10.1. The van der Waals surface area contributed by atoms with Crippen LogP contribution in [-0.4, -0.2) is 4.87 Å². The molecule has 0 aromatic heterocycles. The number of hydrogen-bond acceptors (Lipinski definition) is 1. The fourth-order valence-electron chi connectivity index (χ4n) is 2.38. The Bertz CT molecular complexity index is 451. The SMILES string of the molecule is C=C(N)C1C(c2ccc(C)c(Cl)c2)C1(C)Cl. The Hall–Kier alpha value is -0.660. The van der Waals surface area contributed by atoms with Gasteiger partial charge in [-0.2, -0.15) is 0 Å². The molecule has 2 N–H and O–H groups in total. The number of allylic oxidation sites excluding steroid dienone is 1. The highest BCUT2D eigenvalue weighted by Gasteiger charge is 2.61. The maximum atomic E-state index is 6.41. The second-order valence-electron chi connectivity index (χ2n) is 4.69. The van der Waals surface area contributed by atoms with Gasteiger partial charge in [0, 0.05) is 22.6 Å². The summed E-state index contributed by atoms with van der Waals surface area (Å²) in [7, 11) is 0. The summed E-state index contributed by atoms with van der Waals surface area (Å²) in [4.78, 5) is -0.315. The molecule has 1 aromatic carbocycles. The molecule has 1 aromatic rings. The second kappa shape index (κ2) is 3.68. The molecule has 16 heavy (non-hydrogen) atoms. The fourth-order valence-corrected chi connectivity index (χ4v) is 3.02. The van der Waals surface area contributed by atoms with Gasteiger partial charge in [-0.3, -0.25) is 0 Å². The Morgan fingerprint density at radius 1 is 1.50 bits per heavy atom. The van der Waals surface area contributed by atoms with Gasteiger partial charge in [-0.1, -0.05) is 30.3 Å². The van der Waals surface area contributed by atoms with Crippen molar-refractivity contribution in [2.45, 2.75) is 24.6 Å². The Labute approximate surface area is 106 Å². The third kappa shape index (κ3) is 1.72. The molecule has 0 amide bonds. The topological polar surface area (TPSA) is 26.0 Å². The minimum absolute atomic E-state index is 0.146. The Morgan fingerprint density at radius 3 is 2.56 bits per heavy atom. The van der Waals surface area contributed by atoms with Gasteiger partial charge in [0.1, 0.15) is 0 Å². The van der Waals surface area contributed by atoms with Crippen LogP contribution in [0.25, 0.3) is 0 Å². The highest BCUT2D eigenvalue weighted by Crippen LogP contribution is 2.63. The first-order chi connectivity index (χ1) is 7.35. The van der Waals surface area contributed by atoms with Gasteiger partial charge in [0.15, 0.2) is 0 Å². The molecule has 3 unspecified atom stereocenters. The van der Waals surface area contributed by atoms with Crippen molar-refractivity contribution >= 4 is 23.2 Å². The molecule has 1 saturated carbocycles. The zero-order chi connectivity index (χ0) is 12.1. The smallest absolute Gasteiger partial charge is 0.0582 e. The zero-order valence-electron chi connectivity index (χ0n) is 9.43. The normalized spacial score (nSPS) is 32.5. The van der Waals surface area contributed by atoms with E-state index in [1.807, 2.05) is 26.0 Å². The number of alkyl halides is 1. The Balaban J connectivity index is 2.33. The number of hydrogen-bond donors (Lipinski definition) is 1. The standard InChI is InChI=1S/C13H15Cl2N/c1-7-4-5-9(6-10(7)14)12-11(8(2)16)13(12,3)15/h4-6,11-12H,2,16H2,1,3H3. The van der Waals surface area contributed by atoms with Crippen molar-refractivity contribution in [1.29, 1.82) is 0 Å². The lowest BCUT2D eigenvalue weighted by Gasteiger charge is -2.04. The Kier molecular flexibility index (Phi) is 2.72. The largest absolute Gasteiger partial charge is 0.402 e. The second-order valence-corrected chi connectivity index (χ2v) is 5.91. The molecule has 0 heterocycles. The molecule has 0 aliphatic heterocycles. The summed E-state index contributed by atoms with van der Waals surface area (Å²) in [5.41, 5.74) is 8.63. The van der Waals surface area contributed by atoms with Crippen LogP contribution < -0.4 is 5.73 Å². The summed E-state index contributed by atoms with van der Waals surface area (Å²) in [5, 5.41) is 0.776. The van der Waals surface area contributed by atoms with E-state index in [4.69, 9.17) is 28.9 Å². The van der Waals surface area contributed by atoms with Crippen molar-refractivity contribution in [3.63, 3.8) is 0 Å². The molecule has 1 nitrogen and oxygen atoms in total. The average molecular weight is 256 g/mol. The maximum Gasteiger partial charge on any atom is 0.0582 e. The maximum absolute atomic E-state index is 6.41. The van der Waals surface area contributed by atoms with Gasteiger partial charge in [-0.15, -0.1) is 11.6 Å². The van der Waals surface area contributed by atoms with Crippen molar-refractivity contribution in [1.82, 2.24) is 0 Å². The van der Waals surface area contributed by atoms with Crippen molar-refractivity contribution in [3.8, 4) is 0 Å². The van der Waals surface area contributed by atoms with E-state index in [1.165, 1.54) is 0 Å². The zero-order valence-corrected chi connectivity index (χ0v) is 10.9. The molecular weight excluding hydrogens is 241 g/mol. The van der Waals surface area contributed by atoms with E-state index in [0.717, 1.165) is 16.1 Å². The number of halogens is 2. The number of rotatable bonds is 2. The number of nitrogens with two attached hydrogens (primary N) is 1. The monoisotopic (exact) mass is 255 g/mol. The van der Waals surface area contributed by atoms with Crippen LogP contribution in [0.5, 0.6) is 0 Å². The van der Waals surface area contributed by atoms with E-state index in [9.17, 15) is 0 Å². The van der Waals surface area contributed by atoms with Gasteiger partial charge in [0.2, 0.25) is 0 Å². The predicted molar refractivity (Wildman–Crippen MR) is 70.0 cm³/mol. The summed E-state index contributed by atoms with van der Waals surface area (Å²) < 4.78 is 0. The average Bonchev–Trinajstić information content (AvgIpc) is 2.74.